The number of esters is 1. The zero-order chi connectivity index (χ0) is 57.3. The number of amides is 1. The number of allylic oxidation sites excluding steroid dienone is 5. The van der Waals surface area contributed by atoms with Crippen LogP contribution < -0.4 is 5.32 Å². The van der Waals surface area contributed by atoms with Crippen molar-refractivity contribution in [3.8, 4) is 0 Å². The largest absolute Gasteiger partial charge is 0.466 e. The maximum absolute atomic E-state index is 13.0. The Balaban J connectivity index is 1.95. The van der Waals surface area contributed by atoms with Crippen molar-refractivity contribution < 1.29 is 49.3 Å². The second-order valence-electron chi connectivity index (χ2n) is 23.5. The maximum Gasteiger partial charge on any atom is 0.305 e. The summed E-state index contributed by atoms with van der Waals surface area (Å²) in [7, 11) is 0. The Bertz CT molecular complexity index is 1410. The van der Waals surface area contributed by atoms with E-state index in [9.17, 15) is 35.1 Å². The number of rotatable bonds is 59. The third kappa shape index (κ3) is 47.0. The van der Waals surface area contributed by atoms with Gasteiger partial charge in [-0.15, -0.1) is 0 Å². The third-order valence-electron chi connectivity index (χ3n) is 16.0. The number of aliphatic hydroxyl groups excluding tert-OH is 5. The van der Waals surface area contributed by atoms with Gasteiger partial charge in [-0.05, 0) is 83.5 Å². The van der Waals surface area contributed by atoms with Gasteiger partial charge in [0.25, 0.3) is 0 Å². The fraction of sp³-hybridized carbons (Fsp3) is 0.882. The van der Waals surface area contributed by atoms with E-state index in [0.29, 0.717) is 19.4 Å². The van der Waals surface area contributed by atoms with Crippen LogP contribution in [0.25, 0.3) is 0 Å². The summed E-state index contributed by atoms with van der Waals surface area (Å²) in [4.78, 5) is 25.1. The molecule has 0 aromatic heterocycles. The molecule has 7 atom stereocenters. The van der Waals surface area contributed by atoms with Crippen molar-refractivity contribution in [2.24, 2.45) is 0 Å². The summed E-state index contributed by atoms with van der Waals surface area (Å²) in [6.07, 6.45) is 62.8. The zero-order valence-electron chi connectivity index (χ0n) is 51.3. The molecule has 464 valence electrons. The SMILES string of the molecule is CCCCCCCCC/C=C\CCCCCCCCCC(=O)OCCCCCCCCCCCCCC/C=C\CCCCCCCCCCC(=O)NC(COC1OC(CO)C(O)C(O)C1O)C(O)/C=C/CCCCCCCCC. The minimum absolute atomic E-state index is 0.00141. The molecule has 6 N–H and O–H groups in total. The topological polar surface area (TPSA) is 175 Å². The highest BCUT2D eigenvalue weighted by atomic mass is 16.7. The number of aliphatic hydroxyl groups is 5. The maximum atomic E-state index is 13.0. The summed E-state index contributed by atoms with van der Waals surface area (Å²) in [5, 5.41) is 54.2. The van der Waals surface area contributed by atoms with Gasteiger partial charge >= 0.3 is 5.97 Å². The molecule has 1 aliphatic rings. The monoisotopic (exact) mass is 1120 g/mol. The van der Waals surface area contributed by atoms with Gasteiger partial charge in [-0.3, -0.25) is 9.59 Å². The smallest absolute Gasteiger partial charge is 0.305 e. The minimum atomic E-state index is -1.57. The van der Waals surface area contributed by atoms with Crippen molar-refractivity contribution in [1.29, 1.82) is 0 Å². The van der Waals surface area contributed by atoms with Gasteiger partial charge < -0.3 is 45.1 Å². The molecule has 1 fully saturated rings. The molecule has 0 radical (unpaired) electrons. The van der Waals surface area contributed by atoms with Gasteiger partial charge in [-0.1, -0.05) is 262 Å². The fourth-order valence-corrected chi connectivity index (χ4v) is 10.6. The van der Waals surface area contributed by atoms with Crippen LogP contribution in [0.15, 0.2) is 36.5 Å². The summed E-state index contributed by atoms with van der Waals surface area (Å²) in [6.45, 7) is 4.32. The Kier molecular flexibility index (Phi) is 54.7. The summed E-state index contributed by atoms with van der Waals surface area (Å²) >= 11 is 0. The number of ether oxygens (including phenoxy) is 3. The summed E-state index contributed by atoms with van der Waals surface area (Å²) < 4.78 is 16.7. The third-order valence-corrected chi connectivity index (χ3v) is 16.0. The van der Waals surface area contributed by atoms with Crippen LogP contribution in [-0.2, 0) is 23.8 Å². The van der Waals surface area contributed by atoms with E-state index in [1.807, 2.05) is 6.08 Å². The van der Waals surface area contributed by atoms with E-state index in [1.54, 1.807) is 6.08 Å². The lowest BCUT2D eigenvalue weighted by molar-refractivity contribution is -0.302. The number of nitrogens with one attached hydrogen (secondary N) is 1. The number of unbranched alkanes of at least 4 members (excludes halogenated alkanes) is 41. The molecule has 0 aromatic rings. The average Bonchev–Trinajstić information content (AvgIpc) is 3.47. The highest BCUT2D eigenvalue weighted by Gasteiger charge is 2.44. The summed E-state index contributed by atoms with van der Waals surface area (Å²) in [5.74, 6) is -0.189. The molecule has 0 bridgehead atoms. The number of carbonyl (C=O) groups is 2. The molecule has 0 aromatic carbocycles. The Labute approximate surface area is 485 Å². The second-order valence-corrected chi connectivity index (χ2v) is 23.5. The molecule has 1 saturated heterocycles. The van der Waals surface area contributed by atoms with E-state index in [4.69, 9.17) is 14.2 Å². The lowest BCUT2D eigenvalue weighted by Gasteiger charge is -2.40. The number of hydrogen-bond donors (Lipinski definition) is 6. The lowest BCUT2D eigenvalue weighted by Crippen LogP contribution is -2.60. The molecule has 1 amide bonds. The first-order valence-corrected chi connectivity index (χ1v) is 33.8. The van der Waals surface area contributed by atoms with E-state index in [1.165, 1.54) is 231 Å². The molecule has 11 nitrogen and oxygen atoms in total. The quantitative estimate of drug-likeness (QED) is 0.0195. The molecular formula is C68H127NO10. The van der Waals surface area contributed by atoms with Crippen molar-refractivity contribution in [1.82, 2.24) is 5.32 Å². The minimum Gasteiger partial charge on any atom is -0.466 e. The Morgan fingerprint density at radius 3 is 1.22 bits per heavy atom. The average molecular weight is 1120 g/mol. The molecule has 0 spiro atoms. The van der Waals surface area contributed by atoms with Crippen molar-refractivity contribution in [3.05, 3.63) is 36.5 Å². The molecule has 1 rings (SSSR count). The zero-order valence-corrected chi connectivity index (χ0v) is 51.3. The van der Waals surface area contributed by atoms with Gasteiger partial charge in [0.2, 0.25) is 5.91 Å². The summed E-state index contributed by atoms with van der Waals surface area (Å²) in [6, 6.07) is -0.812. The molecule has 1 heterocycles. The number of carbonyl (C=O) groups excluding carboxylic acids is 2. The molecular weight excluding hydrogens is 991 g/mol. The van der Waals surface area contributed by atoms with Gasteiger partial charge in [-0.25, -0.2) is 0 Å². The van der Waals surface area contributed by atoms with E-state index in [-0.39, 0.29) is 18.5 Å². The molecule has 0 aliphatic carbocycles. The van der Waals surface area contributed by atoms with Crippen LogP contribution in [0.4, 0.5) is 0 Å². The van der Waals surface area contributed by atoms with Gasteiger partial charge in [0.05, 0.1) is 32.0 Å². The molecule has 1 aliphatic heterocycles. The van der Waals surface area contributed by atoms with Crippen molar-refractivity contribution in [3.63, 3.8) is 0 Å². The standard InChI is InChI=1S/C68H127NO10/c1-3-5-7-9-11-13-14-15-16-17-27-30-33-36-40-44-48-52-56-64(73)77-57-53-49-45-41-37-34-31-28-25-23-21-19-18-20-22-24-26-29-32-35-39-43-47-51-55-63(72)69-60(61(71)54-50-46-42-38-12-10-8-6-4-2)59-78-68-67(76)66(75)65(74)62(58-70)79-68/h16-17,20,22,50,54,60-62,65-68,70-71,74-76H,3-15,18-19,21,23-49,51-53,55-59H2,1-2H3,(H,69,72)/b17-16-,22-20-,54-50+. The molecule has 0 saturated carbocycles. The van der Waals surface area contributed by atoms with Crippen molar-refractivity contribution in [2.75, 3.05) is 19.8 Å². The van der Waals surface area contributed by atoms with E-state index < -0.39 is 49.5 Å². The van der Waals surface area contributed by atoms with Crippen molar-refractivity contribution >= 4 is 11.9 Å². The van der Waals surface area contributed by atoms with Crippen molar-refractivity contribution in [2.45, 2.75) is 365 Å². The number of hydrogen-bond acceptors (Lipinski definition) is 10. The van der Waals surface area contributed by atoms with Crippen LogP contribution in [0.3, 0.4) is 0 Å². The Morgan fingerprint density at radius 1 is 0.456 bits per heavy atom. The second kappa shape index (κ2) is 57.7. The normalized spacial score (nSPS) is 18.6. The van der Waals surface area contributed by atoms with Gasteiger partial charge in [-0.2, -0.15) is 0 Å². The first kappa shape index (κ1) is 74.9. The van der Waals surface area contributed by atoms with Gasteiger partial charge in [0.1, 0.15) is 24.4 Å². The lowest BCUT2D eigenvalue weighted by atomic mass is 9.99. The Hall–Kier alpha value is -2.12. The van der Waals surface area contributed by atoms with Crippen LogP contribution >= 0.6 is 0 Å². The highest BCUT2D eigenvalue weighted by molar-refractivity contribution is 5.76. The van der Waals surface area contributed by atoms with E-state index in [2.05, 4.69) is 43.5 Å². The predicted octanol–water partition coefficient (Wildman–Crippen LogP) is 16.6. The first-order valence-electron chi connectivity index (χ1n) is 33.8. The summed E-state index contributed by atoms with van der Waals surface area (Å²) in [5.41, 5.74) is 0. The molecule has 11 heteroatoms. The molecule has 79 heavy (non-hydrogen) atoms. The Morgan fingerprint density at radius 2 is 0.810 bits per heavy atom. The highest BCUT2D eigenvalue weighted by Crippen LogP contribution is 2.23. The van der Waals surface area contributed by atoms with Gasteiger partial charge in [0.15, 0.2) is 6.29 Å². The van der Waals surface area contributed by atoms with E-state index in [0.717, 1.165) is 64.2 Å². The van der Waals surface area contributed by atoms with Crippen LogP contribution in [0, 0.1) is 0 Å². The molecule has 7 unspecified atom stereocenters. The van der Waals surface area contributed by atoms with Gasteiger partial charge in [0, 0.05) is 12.8 Å². The van der Waals surface area contributed by atoms with Crippen LogP contribution in [0.5, 0.6) is 0 Å². The fourth-order valence-electron chi connectivity index (χ4n) is 10.6. The van der Waals surface area contributed by atoms with Crippen LogP contribution in [-0.4, -0.2) is 100 Å². The van der Waals surface area contributed by atoms with Crippen LogP contribution in [0.2, 0.25) is 0 Å². The van der Waals surface area contributed by atoms with E-state index >= 15 is 0 Å². The predicted molar refractivity (Wildman–Crippen MR) is 329 cm³/mol. The van der Waals surface area contributed by atoms with Crippen LogP contribution in [0.1, 0.15) is 322 Å². The first-order chi connectivity index (χ1) is 38.7.